The van der Waals surface area contributed by atoms with Crippen molar-refractivity contribution in [1.82, 2.24) is 0 Å². The Balaban J connectivity index is 0. The van der Waals surface area contributed by atoms with Gasteiger partial charge in [0, 0.05) is 21.3 Å². The van der Waals surface area contributed by atoms with Gasteiger partial charge in [-0.05, 0) is 6.54 Å². The number of rotatable bonds is 3. The summed E-state index contributed by atoms with van der Waals surface area (Å²) in [5.74, 6) is 0. The minimum absolute atomic E-state index is 0.750. The largest absolute Gasteiger partial charge is 0.483 e. The minimum Gasteiger partial charge on any atom is -0.379 e. The Morgan fingerprint density at radius 2 is 1.30 bits per heavy atom. The van der Waals surface area contributed by atoms with Crippen LogP contribution in [0.4, 0.5) is 0 Å². The minimum atomic E-state index is -1.67. The fourth-order valence-corrected chi connectivity index (χ4v) is 0.866. The highest BCUT2D eigenvalue weighted by Gasteiger charge is 2.04. The van der Waals surface area contributed by atoms with Gasteiger partial charge in [0.25, 0.3) is 0 Å². The molecule has 0 aliphatic carbocycles. The van der Waals surface area contributed by atoms with Crippen molar-refractivity contribution in [2.45, 2.75) is 6.92 Å². The molecule has 0 rings (SSSR count). The zero-order valence-electron chi connectivity index (χ0n) is 7.09. The van der Waals surface area contributed by atoms with Crippen LogP contribution in [0.15, 0.2) is 0 Å². The molecule has 0 heterocycles. The SMILES string of the molecule is CCN.CO[SiH](OC)OC. The van der Waals surface area contributed by atoms with E-state index in [1.54, 1.807) is 21.3 Å². The van der Waals surface area contributed by atoms with Crippen molar-refractivity contribution >= 4 is 9.53 Å². The summed E-state index contributed by atoms with van der Waals surface area (Å²) in [6.07, 6.45) is 0. The van der Waals surface area contributed by atoms with E-state index >= 15 is 0 Å². The number of hydrogen-bond donors (Lipinski definition) is 1. The van der Waals surface area contributed by atoms with Gasteiger partial charge in [-0.3, -0.25) is 0 Å². The molecule has 0 aromatic heterocycles. The zero-order valence-corrected chi connectivity index (χ0v) is 8.24. The van der Waals surface area contributed by atoms with Crippen molar-refractivity contribution in [1.29, 1.82) is 0 Å². The van der Waals surface area contributed by atoms with Gasteiger partial charge in [-0.25, -0.2) is 0 Å². The summed E-state index contributed by atoms with van der Waals surface area (Å²) in [5.41, 5.74) is 4.85. The Hall–Kier alpha value is 0.0569. The van der Waals surface area contributed by atoms with Gasteiger partial charge in [-0.1, -0.05) is 6.92 Å². The van der Waals surface area contributed by atoms with E-state index in [9.17, 15) is 0 Å². The van der Waals surface area contributed by atoms with Crippen LogP contribution in [0, 0.1) is 0 Å². The third-order valence-corrected chi connectivity index (χ3v) is 1.73. The molecule has 0 aliphatic heterocycles. The van der Waals surface area contributed by atoms with Gasteiger partial charge in [-0.2, -0.15) is 0 Å². The van der Waals surface area contributed by atoms with Crippen LogP contribution in [0.25, 0.3) is 0 Å². The molecule has 0 atom stereocenters. The third-order valence-electron chi connectivity index (χ3n) is 0.577. The lowest BCUT2D eigenvalue weighted by Crippen LogP contribution is -2.21. The summed E-state index contributed by atoms with van der Waals surface area (Å²) < 4.78 is 14.2. The average molecular weight is 167 g/mol. The van der Waals surface area contributed by atoms with E-state index in [2.05, 4.69) is 0 Å². The molecule has 2 N–H and O–H groups in total. The maximum absolute atomic E-state index is 4.85. The van der Waals surface area contributed by atoms with E-state index < -0.39 is 9.53 Å². The predicted molar refractivity (Wildman–Crippen MR) is 42.9 cm³/mol. The molecule has 0 bridgehead atoms. The van der Waals surface area contributed by atoms with Crippen LogP contribution in [-0.4, -0.2) is 37.4 Å². The lowest BCUT2D eigenvalue weighted by atomic mass is 10.8. The first-order chi connectivity index (χ1) is 4.76. The van der Waals surface area contributed by atoms with Gasteiger partial charge < -0.3 is 19.0 Å². The summed E-state index contributed by atoms with van der Waals surface area (Å²) in [4.78, 5) is 0. The molecule has 10 heavy (non-hydrogen) atoms. The molecule has 0 amide bonds. The van der Waals surface area contributed by atoms with E-state index in [4.69, 9.17) is 19.0 Å². The molecule has 0 fully saturated rings. The van der Waals surface area contributed by atoms with Crippen LogP contribution in [0.2, 0.25) is 0 Å². The topological polar surface area (TPSA) is 53.7 Å². The van der Waals surface area contributed by atoms with Crippen molar-refractivity contribution in [3.63, 3.8) is 0 Å². The van der Waals surface area contributed by atoms with Crippen LogP contribution < -0.4 is 5.73 Å². The van der Waals surface area contributed by atoms with Gasteiger partial charge in [-0.15, -0.1) is 0 Å². The quantitative estimate of drug-likeness (QED) is 0.582. The fourth-order valence-electron chi connectivity index (χ4n) is 0.289. The zero-order chi connectivity index (χ0) is 8.41. The molecule has 0 aromatic carbocycles. The van der Waals surface area contributed by atoms with Crippen LogP contribution in [-0.2, 0) is 13.3 Å². The molecule has 0 radical (unpaired) electrons. The van der Waals surface area contributed by atoms with E-state index in [1.807, 2.05) is 6.92 Å². The second-order valence-corrected chi connectivity index (χ2v) is 3.40. The van der Waals surface area contributed by atoms with Crippen molar-refractivity contribution in [2.24, 2.45) is 5.73 Å². The van der Waals surface area contributed by atoms with Gasteiger partial charge in [0.1, 0.15) is 0 Å². The van der Waals surface area contributed by atoms with Crippen molar-refractivity contribution in [3.8, 4) is 0 Å². The summed E-state index contributed by atoms with van der Waals surface area (Å²) in [6.45, 7) is 2.65. The second-order valence-electron chi connectivity index (χ2n) is 1.40. The molecule has 0 spiro atoms. The van der Waals surface area contributed by atoms with E-state index in [-0.39, 0.29) is 0 Å². The molecule has 5 heteroatoms. The summed E-state index contributed by atoms with van der Waals surface area (Å²) in [7, 11) is 3.05. The van der Waals surface area contributed by atoms with Gasteiger partial charge in [0.05, 0.1) is 0 Å². The fraction of sp³-hybridized carbons (Fsp3) is 1.00. The standard InChI is InChI=1S/C3H10O3Si.C2H7N/c1-4-7(5-2)6-3;1-2-3/h7H,1-3H3;2-3H2,1H3. The lowest BCUT2D eigenvalue weighted by Gasteiger charge is -2.05. The second kappa shape index (κ2) is 11.8. The maximum Gasteiger partial charge on any atom is 0.483 e. The van der Waals surface area contributed by atoms with E-state index in [0.717, 1.165) is 6.54 Å². The Bertz CT molecular complexity index is 46.6. The highest BCUT2D eigenvalue weighted by Crippen LogP contribution is 1.81. The first kappa shape index (κ1) is 12.7. The first-order valence-corrected chi connectivity index (χ1v) is 4.46. The molecule has 64 valence electrons. The Morgan fingerprint density at radius 3 is 1.30 bits per heavy atom. The van der Waals surface area contributed by atoms with Crippen LogP contribution in [0.1, 0.15) is 6.92 Å². The summed E-state index contributed by atoms with van der Waals surface area (Å²) >= 11 is 0. The van der Waals surface area contributed by atoms with Gasteiger partial charge >= 0.3 is 9.53 Å². The normalized spacial score (nSPS) is 9.00. The monoisotopic (exact) mass is 167 g/mol. The number of hydrogen-bond acceptors (Lipinski definition) is 4. The molecule has 0 unspecified atom stereocenters. The number of nitrogens with two attached hydrogens (primary N) is 1. The van der Waals surface area contributed by atoms with Gasteiger partial charge in [0.2, 0.25) is 0 Å². The smallest absolute Gasteiger partial charge is 0.379 e. The van der Waals surface area contributed by atoms with Crippen LogP contribution in [0.5, 0.6) is 0 Å². The molecule has 0 saturated heterocycles. The summed E-state index contributed by atoms with van der Waals surface area (Å²) in [6, 6.07) is 0. The Labute approximate surface area is 64.2 Å². The Kier molecular flexibility index (Phi) is 15.0. The average Bonchev–Trinajstić information content (AvgIpc) is 1.93. The Morgan fingerprint density at radius 1 is 1.10 bits per heavy atom. The van der Waals surface area contributed by atoms with Crippen LogP contribution in [0.3, 0.4) is 0 Å². The molecular formula is C5H17NO3Si. The predicted octanol–water partition coefficient (Wildman–Crippen LogP) is -0.392. The molecular weight excluding hydrogens is 150 g/mol. The molecule has 0 saturated carbocycles. The van der Waals surface area contributed by atoms with Crippen LogP contribution >= 0.6 is 0 Å². The van der Waals surface area contributed by atoms with Crippen molar-refractivity contribution in [2.75, 3.05) is 27.9 Å². The highest BCUT2D eigenvalue weighted by atomic mass is 28.3. The lowest BCUT2D eigenvalue weighted by molar-refractivity contribution is 0.163. The highest BCUT2D eigenvalue weighted by molar-refractivity contribution is 6.36. The molecule has 4 nitrogen and oxygen atoms in total. The summed E-state index contributed by atoms with van der Waals surface area (Å²) in [5, 5.41) is 0. The van der Waals surface area contributed by atoms with Crippen molar-refractivity contribution < 1.29 is 13.3 Å². The van der Waals surface area contributed by atoms with Crippen molar-refractivity contribution in [3.05, 3.63) is 0 Å². The maximum atomic E-state index is 4.85. The molecule has 0 aromatic rings. The third kappa shape index (κ3) is 10.9. The molecule has 0 aliphatic rings. The van der Waals surface area contributed by atoms with E-state index in [1.165, 1.54) is 0 Å². The first-order valence-electron chi connectivity index (χ1n) is 3.05. The van der Waals surface area contributed by atoms with Gasteiger partial charge in [0.15, 0.2) is 0 Å². The van der Waals surface area contributed by atoms with E-state index in [0.29, 0.717) is 0 Å².